The van der Waals surface area contributed by atoms with E-state index in [1.54, 1.807) is 23.6 Å². The minimum absolute atomic E-state index is 0.0730. The molecular weight excluding hydrogens is 449 g/mol. The summed E-state index contributed by atoms with van der Waals surface area (Å²) in [4.78, 5) is 4.42. The van der Waals surface area contributed by atoms with E-state index in [1.165, 1.54) is 6.07 Å². The number of imidazole rings is 1. The number of halogens is 5. The lowest BCUT2D eigenvalue weighted by molar-refractivity contribution is -0.0511. The van der Waals surface area contributed by atoms with Crippen LogP contribution in [0.2, 0.25) is 5.02 Å². The maximum atomic E-state index is 13.9. The van der Waals surface area contributed by atoms with Crippen molar-refractivity contribution in [1.82, 2.24) is 9.55 Å². The van der Waals surface area contributed by atoms with E-state index < -0.39 is 12.4 Å². The van der Waals surface area contributed by atoms with Crippen LogP contribution >= 0.6 is 27.5 Å². The summed E-state index contributed by atoms with van der Waals surface area (Å²) in [6, 6.07) is 4.51. The number of alkyl halides is 2. The minimum atomic E-state index is -2.97. The number of hydrogen-bond donors (Lipinski definition) is 0. The highest BCUT2D eigenvalue weighted by atomic mass is 79.9. The molecule has 0 radical (unpaired) electrons. The van der Waals surface area contributed by atoms with Crippen LogP contribution in [0.3, 0.4) is 0 Å². The van der Waals surface area contributed by atoms with Crippen molar-refractivity contribution in [3.8, 4) is 5.75 Å². The quantitative estimate of drug-likeness (QED) is 0.500. The van der Waals surface area contributed by atoms with Crippen LogP contribution in [-0.2, 0) is 24.5 Å². The van der Waals surface area contributed by atoms with E-state index in [0.717, 1.165) is 0 Å². The Morgan fingerprint density at radius 1 is 1.26 bits per heavy atom. The Labute approximate surface area is 166 Å². The van der Waals surface area contributed by atoms with Gasteiger partial charge in [-0.1, -0.05) is 11.6 Å². The summed E-state index contributed by atoms with van der Waals surface area (Å²) >= 11 is 9.52. The molecule has 0 fully saturated rings. The van der Waals surface area contributed by atoms with Crippen LogP contribution in [0.15, 0.2) is 22.7 Å². The molecule has 142 valence electrons. The SMILES string of the molecule is Cc1cc(Cl)c2c(c1OC(F)F)Cn1c(nc3cc(F)c(Br)cc31)COC2. The fourth-order valence-electron chi connectivity index (χ4n) is 3.30. The van der Waals surface area contributed by atoms with Crippen molar-refractivity contribution in [3.63, 3.8) is 0 Å². The molecule has 0 N–H and O–H groups in total. The highest BCUT2D eigenvalue weighted by Gasteiger charge is 2.24. The minimum Gasteiger partial charge on any atom is -0.434 e. The third kappa shape index (κ3) is 3.30. The maximum absolute atomic E-state index is 13.9. The molecule has 1 aliphatic heterocycles. The van der Waals surface area contributed by atoms with Gasteiger partial charge in [0.1, 0.15) is 24.0 Å². The molecule has 1 aromatic heterocycles. The first-order chi connectivity index (χ1) is 12.8. The second kappa shape index (κ2) is 7.00. The van der Waals surface area contributed by atoms with Gasteiger partial charge in [0.2, 0.25) is 0 Å². The Hall–Kier alpha value is -1.77. The van der Waals surface area contributed by atoms with Crippen molar-refractivity contribution < 1.29 is 22.6 Å². The summed E-state index contributed by atoms with van der Waals surface area (Å²) < 4.78 is 52.4. The van der Waals surface area contributed by atoms with E-state index in [4.69, 9.17) is 21.1 Å². The van der Waals surface area contributed by atoms with Gasteiger partial charge >= 0.3 is 6.61 Å². The van der Waals surface area contributed by atoms with E-state index in [1.807, 2.05) is 0 Å². The van der Waals surface area contributed by atoms with E-state index in [9.17, 15) is 13.2 Å². The molecule has 1 aliphatic rings. The zero-order valence-corrected chi connectivity index (χ0v) is 16.4. The number of rotatable bonds is 2. The molecule has 0 aliphatic carbocycles. The summed E-state index contributed by atoms with van der Waals surface area (Å²) in [5.74, 6) is 0.202. The Morgan fingerprint density at radius 3 is 2.78 bits per heavy atom. The van der Waals surface area contributed by atoms with Crippen molar-refractivity contribution in [2.75, 3.05) is 0 Å². The van der Waals surface area contributed by atoms with Crippen molar-refractivity contribution in [1.29, 1.82) is 0 Å². The van der Waals surface area contributed by atoms with Crippen LogP contribution in [-0.4, -0.2) is 16.2 Å². The normalized spacial score (nSPS) is 14.0. The molecule has 0 saturated carbocycles. The fraction of sp³-hybridized carbons (Fsp3) is 0.278. The number of ether oxygens (including phenoxy) is 2. The number of aromatic nitrogens is 2. The largest absolute Gasteiger partial charge is 0.434 e. The van der Waals surface area contributed by atoms with E-state index in [-0.39, 0.29) is 30.0 Å². The van der Waals surface area contributed by atoms with Crippen molar-refractivity contribution in [2.24, 2.45) is 0 Å². The van der Waals surface area contributed by atoms with Gasteiger partial charge in [0.25, 0.3) is 0 Å². The topological polar surface area (TPSA) is 36.3 Å². The molecule has 27 heavy (non-hydrogen) atoms. The molecule has 4 rings (SSSR count). The number of benzene rings is 2. The Kier molecular flexibility index (Phi) is 4.82. The first-order valence-electron chi connectivity index (χ1n) is 8.02. The van der Waals surface area contributed by atoms with Crippen LogP contribution in [0.4, 0.5) is 13.2 Å². The monoisotopic (exact) mass is 460 g/mol. The third-order valence-corrected chi connectivity index (χ3v) is 5.44. The second-order valence-corrected chi connectivity index (χ2v) is 7.46. The predicted molar refractivity (Wildman–Crippen MR) is 97.8 cm³/mol. The lowest BCUT2D eigenvalue weighted by atomic mass is 10.0. The fourth-order valence-corrected chi connectivity index (χ4v) is 3.96. The molecule has 0 unspecified atom stereocenters. The predicted octanol–water partition coefficient (Wildman–Crippen LogP) is 5.58. The first kappa shape index (κ1) is 18.6. The molecule has 4 nitrogen and oxygen atoms in total. The summed E-state index contributed by atoms with van der Waals surface area (Å²) in [7, 11) is 0. The number of fused-ring (bicyclic) bond motifs is 4. The number of aryl methyl sites for hydroxylation is 1. The van der Waals surface area contributed by atoms with Crippen LogP contribution in [0, 0.1) is 12.7 Å². The van der Waals surface area contributed by atoms with Gasteiger partial charge in [0.05, 0.1) is 28.7 Å². The average Bonchev–Trinajstić information content (AvgIpc) is 2.87. The van der Waals surface area contributed by atoms with Gasteiger partial charge in [-0.3, -0.25) is 0 Å². The van der Waals surface area contributed by atoms with E-state index in [2.05, 4.69) is 20.9 Å². The van der Waals surface area contributed by atoms with Gasteiger partial charge in [0.15, 0.2) is 0 Å². The molecule has 0 bridgehead atoms. The van der Waals surface area contributed by atoms with E-state index in [0.29, 0.717) is 38.6 Å². The molecular formula is C18H13BrClF3N2O2. The number of hydrogen-bond acceptors (Lipinski definition) is 3. The number of nitrogens with zero attached hydrogens (tertiary/aromatic N) is 2. The first-order valence-corrected chi connectivity index (χ1v) is 9.19. The van der Waals surface area contributed by atoms with Crippen LogP contribution in [0.1, 0.15) is 22.5 Å². The lowest BCUT2D eigenvalue weighted by Crippen LogP contribution is -2.16. The maximum Gasteiger partial charge on any atom is 0.387 e. The molecule has 0 amide bonds. The van der Waals surface area contributed by atoms with Gasteiger partial charge in [-0.2, -0.15) is 8.78 Å². The van der Waals surface area contributed by atoms with Crippen molar-refractivity contribution in [3.05, 3.63) is 56.0 Å². The smallest absolute Gasteiger partial charge is 0.387 e. The van der Waals surface area contributed by atoms with Gasteiger partial charge in [-0.05, 0) is 40.5 Å². The summed E-state index contributed by atoms with van der Waals surface area (Å²) in [5, 5.41) is 0.421. The molecule has 2 heterocycles. The van der Waals surface area contributed by atoms with Gasteiger partial charge < -0.3 is 14.0 Å². The van der Waals surface area contributed by atoms with Gasteiger partial charge in [0, 0.05) is 22.2 Å². The summed E-state index contributed by atoms with van der Waals surface area (Å²) in [6.07, 6.45) is 0. The standard InChI is InChI=1S/C18H13BrClF3N2O2/c1-8-2-12(20)10-6-26-7-16-24-14-4-13(21)11(19)3-15(14)25(16)5-9(10)17(8)27-18(22)23/h2-4,18H,5-7H2,1H3. The Balaban J connectivity index is 1.95. The molecule has 0 spiro atoms. The highest BCUT2D eigenvalue weighted by Crippen LogP contribution is 2.37. The van der Waals surface area contributed by atoms with Gasteiger partial charge in [-0.25, -0.2) is 9.37 Å². The summed E-state index contributed by atoms with van der Waals surface area (Å²) in [5.41, 5.74) is 2.69. The average molecular weight is 462 g/mol. The van der Waals surface area contributed by atoms with Crippen molar-refractivity contribution in [2.45, 2.75) is 33.3 Å². The zero-order valence-electron chi connectivity index (χ0n) is 14.0. The molecule has 2 aromatic carbocycles. The lowest BCUT2D eigenvalue weighted by Gasteiger charge is -2.22. The highest BCUT2D eigenvalue weighted by molar-refractivity contribution is 9.10. The second-order valence-electron chi connectivity index (χ2n) is 6.20. The molecule has 9 heteroatoms. The molecule has 3 aromatic rings. The van der Waals surface area contributed by atoms with Crippen LogP contribution < -0.4 is 4.74 Å². The molecule has 0 saturated heterocycles. The van der Waals surface area contributed by atoms with E-state index >= 15 is 0 Å². The van der Waals surface area contributed by atoms with Gasteiger partial charge in [-0.15, -0.1) is 0 Å². The van der Waals surface area contributed by atoms with Crippen LogP contribution in [0.5, 0.6) is 5.75 Å². The summed E-state index contributed by atoms with van der Waals surface area (Å²) in [6.45, 7) is -0.797. The Morgan fingerprint density at radius 2 is 2.04 bits per heavy atom. The Bertz CT molecular complexity index is 1060. The van der Waals surface area contributed by atoms with Crippen molar-refractivity contribution >= 4 is 38.6 Å². The zero-order chi connectivity index (χ0) is 19.3. The third-order valence-electron chi connectivity index (χ3n) is 4.50. The van der Waals surface area contributed by atoms with Crippen LogP contribution in [0.25, 0.3) is 11.0 Å². The molecule has 0 atom stereocenters.